The van der Waals surface area contributed by atoms with Crippen molar-refractivity contribution in [2.45, 2.75) is 37.9 Å². The van der Waals surface area contributed by atoms with Crippen molar-refractivity contribution in [2.75, 3.05) is 13.2 Å². The van der Waals surface area contributed by atoms with Crippen molar-refractivity contribution in [3.63, 3.8) is 0 Å². The molecule has 0 amide bonds. The highest BCUT2D eigenvalue weighted by Gasteiger charge is 2.36. The number of nitrogens with zero attached hydrogens (tertiary/aromatic N) is 1. The van der Waals surface area contributed by atoms with E-state index in [1.807, 2.05) is 18.2 Å². The first-order chi connectivity index (χ1) is 8.27. The average molecular weight is 232 g/mol. The maximum Gasteiger partial charge on any atom is 0.124 e. The Morgan fingerprint density at radius 3 is 2.94 bits per heavy atom. The molecule has 17 heavy (non-hydrogen) atoms. The lowest BCUT2D eigenvalue weighted by molar-refractivity contribution is 0.0929. The van der Waals surface area contributed by atoms with Crippen LogP contribution in [-0.4, -0.2) is 30.1 Å². The molecule has 0 bridgehead atoms. The van der Waals surface area contributed by atoms with Crippen molar-refractivity contribution >= 4 is 0 Å². The van der Waals surface area contributed by atoms with Crippen LogP contribution in [0.1, 0.15) is 31.4 Å². The van der Waals surface area contributed by atoms with Crippen molar-refractivity contribution < 1.29 is 4.74 Å². The second-order valence-corrected chi connectivity index (χ2v) is 5.17. The second-order valence-electron chi connectivity index (χ2n) is 5.17. The summed E-state index contributed by atoms with van der Waals surface area (Å²) in [5.74, 6) is 0.961. The quantitative estimate of drug-likeness (QED) is 0.804. The molecule has 3 unspecified atom stereocenters. The third-order valence-corrected chi connectivity index (χ3v) is 4.13. The zero-order chi connectivity index (χ0) is 11.8. The Hall–Kier alpha value is -1.06. The lowest BCUT2D eigenvalue weighted by atomic mass is 9.95. The van der Waals surface area contributed by atoms with Crippen LogP contribution in [0.15, 0.2) is 24.3 Å². The summed E-state index contributed by atoms with van der Waals surface area (Å²) in [4.78, 5) is 2.51. The molecular formula is C14H20N2O. The first-order valence-electron chi connectivity index (χ1n) is 6.50. The van der Waals surface area contributed by atoms with E-state index in [-0.39, 0.29) is 6.04 Å². The number of likely N-dealkylation sites (tertiary alicyclic amines) is 1. The van der Waals surface area contributed by atoms with Crippen LogP contribution in [0.25, 0.3) is 0 Å². The summed E-state index contributed by atoms with van der Waals surface area (Å²) in [6.45, 7) is 4.17. The van der Waals surface area contributed by atoms with E-state index in [0.29, 0.717) is 12.1 Å². The molecule has 3 heteroatoms. The van der Waals surface area contributed by atoms with E-state index in [0.717, 1.165) is 24.5 Å². The fourth-order valence-electron chi connectivity index (χ4n) is 3.12. The lowest BCUT2D eigenvalue weighted by Gasteiger charge is -2.39. The molecule has 2 heterocycles. The van der Waals surface area contributed by atoms with Crippen molar-refractivity contribution in [1.29, 1.82) is 0 Å². The van der Waals surface area contributed by atoms with E-state index in [2.05, 4.69) is 17.9 Å². The largest absolute Gasteiger partial charge is 0.492 e. The van der Waals surface area contributed by atoms with E-state index in [9.17, 15) is 0 Å². The molecular weight excluding hydrogens is 212 g/mol. The van der Waals surface area contributed by atoms with E-state index in [1.54, 1.807) is 0 Å². The van der Waals surface area contributed by atoms with Crippen LogP contribution in [-0.2, 0) is 0 Å². The van der Waals surface area contributed by atoms with Crippen LogP contribution >= 0.6 is 0 Å². The minimum absolute atomic E-state index is 0.0838. The first kappa shape index (κ1) is 11.1. The van der Waals surface area contributed by atoms with Crippen LogP contribution in [0.5, 0.6) is 5.75 Å². The summed E-state index contributed by atoms with van der Waals surface area (Å²) in [7, 11) is 0. The molecule has 1 saturated heterocycles. The number of fused-ring (bicyclic) bond motifs is 1. The predicted molar refractivity (Wildman–Crippen MR) is 68.1 cm³/mol. The third kappa shape index (κ3) is 1.83. The summed E-state index contributed by atoms with van der Waals surface area (Å²) >= 11 is 0. The summed E-state index contributed by atoms with van der Waals surface area (Å²) in [5.41, 5.74) is 7.57. The highest BCUT2D eigenvalue weighted by molar-refractivity contribution is 5.38. The number of nitrogens with two attached hydrogens (primary N) is 1. The molecule has 0 aromatic heterocycles. The van der Waals surface area contributed by atoms with Crippen molar-refractivity contribution in [1.82, 2.24) is 4.90 Å². The van der Waals surface area contributed by atoms with Gasteiger partial charge in [-0.15, -0.1) is 0 Å². The Morgan fingerprint density at radius 2 is 2.18 bits per heavy atom. The summed E-state index contributed by atoms with van der Waals surface area (Å²) in [6.07, 6.45) is 2.57. The van der Waals surface area contributed by atoms with Gasteiger partial charge in [0.1, 0.15) is 12.4 Å². The topological polar surface area (TPSA) is 38.5 Å². The van der Waals surface area contributed by atoms with Gasteiger partial charge in [-0.1, -0.05) is 18.2 Å². The van der Waals surface area contributed by atoms with E-state index in [4.69, 9.17) is 10.5 Å². The van der Waals surface area contributed by atoms with Crippen molar-refractivity contribution in [3.05, 3.63) is 29.8 Å². The molecule has 2 N–H and O–H groups in total. The van der Waals surface area contributed by atoms with E-state index < -0.39 is 0 Å². The van der Waals surface area contributed by atoms with E-state index in [1.165, 1.54) is 12.8 Å². The van der Waals surface area contributed by atoms with Gasteiger partial charge >= 0.3 is 0 Å². The Kier molecular flexibility index (Phi) is 2.81. The molecule has 1 fully saturated rings. The normalized spacial score (nSPS) is 33.2. The number of hydrogen-bond donors (Lipinski definition) is 1. The molecule has 3 nitrogen and oxygen atoms in total. The highest BCUT2D eigenvalue weighted by atomic mass is 16.5. The van der Waals surface area contributed by atoms with Crippen LogP contribution in [0.4, 0.5) is 0 Å². The minimum atomic E-state index is 0.0838. The van der Waals surface area contributed by atoms with Gasteiger partial charge in [0.05, 0.1) is 12.1 Å². The summed E-state index contributed by atoms with van der Waals surface area (Å²) in [5, 5.41) is 0. The number of ether oxygens (including phenoxy) is 1. The molecule has 0 aliphatic carbocycles. The Labute approximate surface area is 103 Å². The smallest absolute Gasteiger partial charge is 0.124 e. The maximum atomic E-state index is 6.41. The van der Waals surface area contributed by atoms with Gasteiger partial charge < -0.3 is 10.5 Å². The summed E-state index contributed by atoms with van der Waals surface area (Å²) in [6, 6.07) is 9.20. The molecule has 0 saturated carbocycles. The number of rotatable bonds is 1. The number of hydrogen-bond acceptors (Lipinski definition) is 3. The van der Waals surface area contributed by atoms with Gasteiger partial charge in [0.25, 0.3) is 0 Å². The van der Waals surface area contributed by atoms with Gasteiger partial charge in [0, 0.05) is 11.6 Å². The van der Waals surface area contributed by atoms with Crippen LogP contribution in [0.2, 0.25) is 0 Å². The summed E-state index contributed by atoms with van der Waals surface area (Å²) < 4.78 is 5.85. The zero-order valence-electron chi connectivity index (χ0n) is 10.3. The fourth-order valence-corrected chi connectivity index (χ4v) is 3.12. The average Bonchev–Trinajstić information content (AvgIpc) is 2.76. The number of benzene rings is 1. The molecule has 0 spiro atoms. The molecule has 3 rings (SSSR count). The van der Waals surface area contributed by atoms with Crippen LogP contribution in [0, 0.1) is 0 Å². The number of para-hydroxylation sites is 1. The highest BCUT2D eigenvalue weighted by Crippen LogP contribution is 2.34. The SMILES string of the molecule is CC1CCCN1C1COc2ccccc2C1N. The van der Waals surface area contributed by atoms with Crippen molar-refractivity contribution in [2.24, 2.45) is 5.73 Å². The Bertz CT molecular complexity index is 407. The van der Waals surface area contributed by atoms with Gasteiger partial charge in [0.2, 0.25) is 0 Å². The van der Waals surface area contributed by atoms with E-state index >= 15 is 0 Å². The van der Waals surface area contributed by atoms with Crippen LogP contribution < -0.4 is 10.5 Å². The van der Waals surface area contributed by atoms with Crippen molar-refractivity contribution in [3.8, 4) is 5.75 Å². The van der Waals surface area contributed by atoms with Gasteiger partial charge in [-0.25, -0.2) is 0 Å². The van der Waals surface area contributed by atoms with Gasteiger partial charge in [-0.2, -0.15) is 0 Å². The molecule has 1 aromatic carbocycles. The molecule has 2 aliphatic heterocycles. The van der Waals surface area contributed by atoms with Gasteiger partial charge in [-0.05, 0) is 32.4 Å². The predicted octanol–water partition coefficient (Wildman–Crippen LogP) is 1.93. The monoisotopic (exact) mass is 232 g/mol. The van der Waals surface area contributed by atoms with Gasteiger partial charge in [-0.3, -0.25) is 4.90 Å². The Morgan fingerprint density at radius 1 is 1.35 bits per heavy atom. The molecule has 92 valence electrons. The Balaban J connectivity index is 1.86. The first-order valence-corrected chi connectivity index (χ1v) is 6.50. The second kappa shape index (κ2) is 4.31. The molecule has 1 aromatic rings. The molecule has 0 radical (unpaired) electrons. The molecule has 3 atom stereocenters. The fraction of sp³-hybridized carbons (Fsp3) is 0.571. The zero-order valence-corrected chi connectivity index (χ0v) is 10.3. The lowest BCUT2D eigenvalue weighted by Crippen LogP contribution is -2.49. The van der Waals surface area contributed by atoms with Gasteiger partial charge in [0.15, 0.2) is 0 Å². The maximum absolute atomic E-state index is 6.41. The standard InChI is InChI=1S/C14H20N2O/c1-10-5-4-8-16(10)12-9-17-13-7-3-2-6-11(13)14(12)15/h2-3,6-7,10,12,14H,4-5,8-9,15H2,1H3. The minimum Gasteiger partial charge on any atom is -0.492 e. The third-order valence-electron chi connectivity index (χ3n) is 4.13. The van der Waals surface area contributed by atoms with Crippen LogP contribution in [0.3, 0.4) is 0 Å². The molecule has 2 aliphatic rings.